The number of nitrogens with one attached hydrogen (secondary N) is 2. The van der Waals surface area contributed by atoms with E-state index < -0.39 is 6.03 Å². The summed E-state index contributed by atoms with van der Waals surface area (Å²) in [5, 5.41) is 16.7. The van der Waals surface area contributed by atoms with E-state index in [-0.39, 0.29) is 5.75 Å². The number of amides is 2. The summed E-state index contributed by atoms with van der Waals surface area (Å²) in [6, 6.07) is 13.7. The molecule has 0 unspecified atom stereocenters. The van der Waals surface area contributed by atoms with E-state index in [9.17, 15) is 9.90 Å². The van der Waals surface area contributed by atoms with E-state index >= 15 is 0 Å². The van der Waals surface area contributed by atoms with E-state index in [1.165, 1.54) is 0 Å². The number of nitrogens with zero attached hydrogens (tertiary/aromatic N) is 1. The maximum atomic E-state index is 11.8. The number of carbonyl (C=O) groups is 1. The van der Waals surface area contributed by atoms with E-state index in [0.717, 1.165) is 4.47 Å². The number of hydrogen-bond donors (Lipinski definition) is 3. The number of anilines is 1. The summed E-state index contributed by atoms with van der Waals surface area (Å²) < 4.78 is 0.829. The van der Waals surface area contributed by atoms with Crippen molar-refractivity contribution in [1.29, 1.82) is 0 Å². The number of carbonyl (C=O) groups excluding carboxylic acids is 1. The third kappa shape index (κ3) is 4.33. The molecule has 0 aromatic heterocycles. The molecule has 2 aromatic carbocycles. The van der Waals surface area contributed by atoms with Crippen molar-refractivity contribution >= 4 is 33.4 Å². The van der Waals surface area contributed by atoms with Crippen molar-refractivity contribution in [2.24, 2.45) is 5.10 Å². The maximum Gasteiger partial charge on any atom is 0.339 e. The Morgan fingerprint density at radius 2 is 1.95 bits per heavy atom. The molecule has 0 radical (unpaired) electrons. The Morgan fingerprint density at radius 1 is 1.23 bits per heavy atom. The van der Waals surface area contributed by atoms with Gasteiger partial charge in [-0.3, -0.25) is 0 Å². The monoisotopic (exact) mass is 361 g/mol. The molecule has 0 saturated carbocycles. The Bertz CT molecular complexity index is 687. The molecule has 114 valence electrons. The normalized spacial score (nSPS) is 11.1. The SMILES string of the molecule is CC/C(=N\NC(=O)Nc1ccccc1)c1cc(Br)ccc1O. The lowest BCUT2D eigenvalue weighted by Gasteiger charge is -2.08. The van der Waals surface area contributed by atoms with Crippen LogP contribution < -0.4 is 10.7 Å². The van der Waals surface area contributed by atoms with Crippen LogP contribution in [-0.4, -0.2) is 16.8 Å². The van der Waals surface area contributed by atoms with Crippen molar-refractivity contribution in [2.45, 2.75) is 13.3 Å². The van der Waals surface area contributed by atoms with Gasteiger partial charge in [0.15, 0.2) is 0 Å². The van der Waals surface area contributed by atoms with E-state index in [0.29, 0.717) is 23.4 Å². The second-order valence-electron chi connectivity index (χ2n) is 4.51. The molecule has 0 saturated heterocycles. The number of hydrogen-bond acceptors (Lipinski definition) is 3. The van der Waals surface area contributed by atoms with Gasteiger partial charge in [-0.05, 0) is 36.8 Å². The van der Waals surface area contributed by atoms with Crippen molar-refractivity contribution in [1.82, 2.24) is 5.43 Å². The molecule has 6 heteroatoms. The third-order valence-corrected chi connectivity index (χ3v) is 3.42. The minimum Gasteiger partial charge on any atom is -0.507 e. The van der Waals surface area contributed by atoms with Crippen molar-refractivity contribution in [3.05, 3.63) is 58.6 Å². The summed E-state index contributed by atoms with van der Waals surface area (Å²) in [6.45, 7) is 1.90. The third-order valence-electron chi connectivity index (χ3n) is 2.93. The number of halogens is 1. The van der Waals surface area contributed by atoms with E-state index in [1.54, 1.807) is 30.3 Å². The summed E-state index contributed by atoms with van der Waals surface area (Å²) in [4.78, 5) is 11.8. The summed E-state index contributed by atoms with van der Waals surface area (Å²) in [5.41, 5.74) is 4.28. The molecular weight excluding hydrogens is 346 g/mol. The van der Waals surface area contributed by atoms with Gasteiger partial charge in [0, 0.05) is 15.7 Å². The molecular formula is C16H16BrN3O2. The van der Waals surface area contributed by atoms with Crippen molar-refractivity contribution < 1.29 is 9.90 Å². The van der Waals surface area contributed by atoms with Crippen LogP contribution in [0, 0.1) is 0 Å². The summed E-state index contributed by atoms with van der Waals surface area (Å²) in [7, 11) is 0. The van der Waals surface area contributed by atoms with Crippen molar-refractivity contribution in [3.8, 4) is 5.75 Å². The number of hydrazone groups is 1. The molecule has 0 bridgehead atoms. The topological polar surface area (TPSA) is 73.7 Å². The van der Waals surface area contributed by atoms with Gasteiger partial charge in [-0.2, -0.15) is 5.10 Å². The first-order valence-corrected chi connectivity index (χ1v) is 7.57. The van der Waals surface area contributed by atoms with Gasteiger partial charge >= 0.3 is 6.03 Å². The zero-order chi connectivity index (χ0) is 15.9. The van der Waals surface area contributed by atoms with Crippen LogP contribution in [0.25, 0.3) is 0 Å². The number of para-hydroxylation sites is 1. The van der Waals surface area contributed by atoms with Crippen LogP contribution in [0.5, 0.6) is 5.75 Å². The average molecular weight is 362 g/mol. The fourth-order valence-corrected chi connectivity index (χ4v) is 2.23. The fourth-order valence-electron chi connectivity index (χ4n) is 1.87. The second kappa shape index (κ2) is 7.61. The van der Waals surface area contributed by atoms with Gasteiger partial charge in [-0.25, -0.2) is 10.2 Å². The molecule has 22 heavy (non-hydrogen) atoms. The average Bonchev–Trinajstić information content (AvgIpc) is 2.52. The first-order chi connectivity index (χ1) is 10.6. The quantitative estimate of drug-likeness (QED) is 0.566. The lowest BCUT2D eigenvalue weighted by atomic mass is 10.1. The molecule has 0 aliphatic rings. The van der Waals surface area contributed by atoms with Crippen LogP contribution in [0.1, 0.15) is 18.9 Å². The Morgan fingerprint density at radius 3 is 2.64 bits per heavy atom. The Hall–Kier alpha value is -2.34. The Labute approximate surface area is 137 Å². The highest BCUT2D eigenvalue weighted by Crippen LogP contribution is 2.23. The predicted molar refractivity (Wildman–Crippen MR) is 91.2 cm³/mol. The number of rotatable bonds is 4. The fraction of sp³-hybridized carbons (Fsp3) is 0.125. The molecule has 5 nitrogen and oxygen atoms in total. The van der Waals surface area contributed by atoms with E-state index in [1.807, 2.05) is 25.1 Å². The standard InChI is InChI=1S/C16H16BrN3O2/c1-2-14(13-10-11(17)8-9-15(13)21)19-20-16(22)18-12-6-4-3-5-7-12/h3-10,21H,2H2,1H3,(H2,18,20,22)/b19-14+. The minimum absolute atomic E-state index is 0.120. The zero-order valence-corrected chi connectivity index (χ0v) is 13.6. The molecule has 0 spiro atoms. The van der Waals surface area contributed by atoms with Crippen LogP contribution in [0.15, 0.2) is 58.1 Å². The highest BCUT2D eigenvalue weighted by molar-refractivity contribution is 9.10. The van der Waals surface area contributed by atoms with Gasteiger partial charge in [-0.15, -0.1) is 0 Å². The van der Waals surface area contributed by atoms with Crippen LogP contribution in [0.2, 0.25) is 0 Å². The number of aromatic hydroxyl groups is 1. The Kier molecular flexibility index (Phi) is 5.55. The zero-order valence-electron chi connectivity index (χ0n) is 12.0. The lowest BCUT2D eigenvalue weighted by molar-refractivity contribution is 0.252. The summed E-state index contributed by atoms with van der Waals surface area (Å²) in [5.74, 6) is 0.120. The predicted octanol–water partition coefficient (Wildman–Crippen LogP) is 4.09. The van der Waals surface area contributed by atoms with Crippen LogP contribution in [0.3, 0.4) is 0 Å². The molecule has 0 fully saturated rings. The summed E-state index contributed by atoms with van der Waals surface area (Å²) in [6.07, 6.45) is 0.565. The van der Waals surface area contributed by atoms with Gasteiger partial charge in [-0.1, -0.05) is 41.1 Å². The summed E-state index contributed by atoms with van der Waals surface area (Å²) >= 11 is 3.35. The molecule has 2 rings (SSSR count). The molecule has 3 N–H and O–H groups in total. The second-order valence-corrected chi connectivity index (χ2v) is 5.42. The van der Waals surface area contributed by atoms with Crippen LogP contribution >= 0.6 is 15.9 Å². The molecule has 0 atom stereocenters. The largest absolute Gasteiger partial charge is 0.507 e. The number of benzene rings is 2. The van der Waals surface area contributed by atoms with Crippen molar-refractivity contribution in [2.75, 3.05) is 5.32 Å². The van der Waals surface area contributed by atoms with Crippen LogP contribution in [0.4, 0.5) is 10.5 Å². The lowest BCUT2D eigenvalue weighted by Crippen LogP contribution is -2.25. The van der Waals surface area contributed by atoms with Gasteiger partial charge < -0.3 is 10.4 Å². The van der Waals surface area contributed by atoms with Crippen molar-refractivity contribution in [3.63, 3.8) is 0 Å². The molecule has 0 aliphatic heterocycles. The number of phenols is 1. The van der Waals surface area contributed by atoms with Gasteiger partial charge in [0.1, 0.15) is 5.75 Å². The van der Waals surface area contributed by atoms with E-state index in [2.05, 4.69) is 31.8 Å². The highest BCUT2D eigenvalue weighted by Gasteiger charge is 2.09. The van der Waals surface area contributed by atoms with Gasteiger partial charge in [0.05, 0.1) is 5.71 Å². The van der Waals surface area contributed by atoms with Gasteiger partial charge in [0.2, 0.25) is 0 Å². The minimum atomic E-state index is -0.438. The number of urea groups is 1. The van der Waals surface area contributed by atoms with E-state index in [4.69, 9.17) is 0 Å². The number of phenolic OH excluding ortho intramolecular Hbond substituents is 1. The smallest absolute Gasteiger partial charge is 0.339 e. The molecule has 2 aromatic rings. The molecule has 0 aliphatic carbocycles. The Balaban J connectivity index is 2.09. The van der Waals surface area contributed by atoms with Gasteiger partial charge in [0.25, 0.3) is 0 Å². The first kappa shape index (κ1) is 16.0. The highest BCUT2D eigenvalue weighted by atomic mass is 79.9. The first-order valence-electron chi connectivity index (χ1n) is 6.77. The maximum absolute atomic E-state index is 11.8. The molecule has 2 amide bonds. The molecule has 0 heterocycles. The van der Waals surface area contributed by atoms with Crippen LogP contribution in [-0.2, 0) is 0 Å².